The van der Waals surface area contributed by atoms with Crippen LogP contribution in [0.3, 0.4) is 0 Å². The zero-order chi connectivity index (χ0) is 20.4. The lowest BCUT2D eigenvalue weighted by molar-refractivity contribution is -0.118. The highest BCUT2D eigenvalue weighted by Crippen LogP contribution is 2.38. The van der Waals surface area contributed by atoms with Crippen LogP contribution in [0.2, 0.25) is 5.02 Å². The van der Waals surface area contributed by atoms with Crippen molar-refractivity contribution in [3.05, 3.63) is 41.1 Å². The fraction of sp³-hybridized carbons (Fsp3) is 0.500. The van der Waals surface area contributed by atoms with E-state index < -0.39 is 15.8 Å². The molecular weight excluding hydrogens is 416 g/mol. The molecule has 0 radical (unpaired) electrons. The Balaban J connectivity index is 1.60. The molecule has 0 bridgehead atoms. The van der Waals surface area contributed by atoms with E-state index in [1.165, 1.54) is 12.3 Å². The van der Waals surface area contributed by atoms with Gasteiger partial charge in [0.25, 0.3) is 0 Å². The van der Waals surface area contributed by atoms with E-state index >= 15 is 0 Å². The zero-order valence-electron chi connectivity index (χ0n) is 15.8. The second kappa shape index (κ2) is 8.45. The van der Waals surface area contributed by atoms with Crippen LogP contribution >= 0.6 is 11.6 Å². The number of nitrogens with zero attached hydrogens (tertiary/aromatic N) is 1. The van der Waals surface area contributed by atoms with E-state index in [1.54, 1.807) is 18.2 Å². The Kier molecular flexibility index (Phi) is 5.94. The molecule has 1 amide bonds. The monoisotopic (exact) mass is 438 g/mol. The molecule has 156 valence electrons. The quantitative estimate of drug-likeness (QED) is 0.705. The second-order valence-corrected chi connectivity index (χ2v) is 10.3. The zero-order valence-corrected chi connectivity index (χ0v) is 17.4. The van der Waals surface area contributed by atoms with Gasteiger partial charge in [-0.25, -0.2) is 8.42 Å². The number of hydrogen-bond acceptors (Lipinski definition) is 6. The number of sulfone groups is 1. The van der Waals surface area contributed by atoms with Gasteiger partial charge in [-0.05, 0) is 55.7 Å². The predicted octanol–water partition coefficient (Wildman–Crippen LogP) is 3.80. The van der Waals surface area contributed by atoms with Crippen molar-refractivity contribution in [1.29, 1.82) is 0 Å². The number of carbonyl (C=O) groups is 1. The summed E-state index contributed by atoms with van der Waals surface area (Å²) in [6.45, 7) is 1.36. The highest BCUT2D eigenvalue weighted by Gasteiger charge is 2.38. The molecule has 1 saturated carbocycles. The summed E-state index contributed by atoms with van der Waals surface area (Å²) in [6.07, 6.45) is 5.13. The Bertz CT molecular complexity index is 967. The van der Waals surface area contributed by atoms with E-state index in [9.17, 15) is 13.2 Å². The SMILES string of the molecule is O=C(Nc1ccon1)C(CC1CCOCC1)c1ccc(S(=O)(=O)C2CC2)c(Cl)c1. The molecule has 1 aromatic heterocycles. The number of anilines is 1. The van der Waals surface area contributed by atoms with E-state index in [2.05, 4.69) is 10.5 Å². The fourth-order valence-electron chi connectivity index (χ4n) is 3.72. The molecular formula is C20H23ClN2O5S. The number of rotatable bonds is 7. The summed E-state index contributed by atoms with van der Waals surface area (Å²) in [7, 11) is -3.40. The van der Waals surface area contributed by atoms with Gasteiger partial charge in [0.05, 0.1) is 21.1 Å². The topological polar surface area (TPSA) is 98.5 Å². The maximum Gasteiger partial charge on any atom is 0.233 e. The minimum Gasteiger partial charge on any atom is -0.381 e. The number of halogens is 1. The van der Waals surface area contributed by atoms with Gasteiger partial charge in [-0.1, -0.05) is 22.8 Å². The highest BCUT2D eigenvalue weighted by atomic mass is 35.5. The van der Waals surface area contributed by atoms with Crippen molar-refractivity contribution in [3.63, 3.8) is 0 Å². The van der Waals surface area contributed by atoms with Crippen LogP contribution in [-0.4, -0.2) is 37.9 Å². The molecule has 29 heavy (non-hydrogen) atoms. The van der Waals surface area contributed by atoms with Gasteiger partial charge in [-0.15, -0.1) is 0 Å². The van der Waals surface area contributed by atoms with Gasteiger partial charge in [0.1, 0.15) is 6.26 Å². The van der Waals surface area contributed by atoms with Crippen molar-refractivity contribution in [3.8, 4) is 0 Å². The van der Waals surface area contributed by atoms with E-state index in [1.807, 2.05) is 0 Å². The first-order valence-electron chi connectivity index (χ1n) is 9.77. The lowest BCUT2D eigenvalue weighted by atomic mass is 9.84. The van der Waals surface area contributed by atoms with Crippen LogP contribution in [0.5, 0.6) is 0 Å². The Morgan fingerprint density at radius 2 is 1.97 bits per heavy atom. The molecule has 1 saturated heterocycles. The Morgan fingerprint density at radius 3 is 2.59 bits per heavy atom. The van der Waals surface area contributed by atoms with Gasteiger partial charge < -0.3 is 14.6 Å². The number of aromatic nitrogens is 1. The minimum atomic E-state index is -3.40. The maximum atomic E-state index is 13.0. The number of amides is 1. The van der Waals surface area contributed by atoms with Crippen LogP contribution in [0.1, 0.15) is 43.6 Å². The van der Waals surface area contributed by atoms with E-state index in [-0.39, 0.29) is 21.1 Å². The second-order valence-electron chi connectivity index (χ2n) is 7.65. The Hall–Kier alpha value is -1.90. The van der Waals surface area contributed by atoms with Gasteiger partial charge in [0.2, 0.25) is 5.91 Å². The molecule has 2 aromatic rings. The van der Waals surface area contributed by atoms with Gasteiger partial charge in [-0.3, -0.25) is 4.79 Å². The normalized spacial score (nSPS) is 19.1. The van der Waals surface area contributed by atoms with E-state index in [4.69, 9.17) is 20.9 Å². The lowest BCUT2D eigenvalue weighted by Gasteiger charge is -2.26. The fourth-order valence-corrected chi connectivity index (χ4v) is 5.94. The molecule has 4 rings (SSSR count). The summed E-state index contributed by atoms with van der Waals surface area (Å²) >= 11 is 6.36. The average Bonchev–Trinajstić information content (AvgIpc) is 3.46. The highest BCUT2D eigenvalue weighted by molar-refractivity contribution is 7.92. The summed E-state index contributed by atoms with van der Waals surface area (Å²) in [4.78, 5) is 13.2. The first kappa shape index (κ1) is 20.4. The molecule has 2 heterocycles. The van der Waals surface area contributed by atoms with Crippen LogP contribution in [0.15, 0.2) is 39.9 Å². The van der Waals surface area contributed by atoms with Crippen molar-refractivity contribution >= 4 is 33.2 Å². The average molecular weight is 439 g/mol. The van der Waals surface area contributed by atoms with Crippen molar-refractivity contribution < 1.29 is 22.5 Å². The third-order valence-electron chi connectivity index (χ3n) is 5.54. The van der Waals surface area contributed by atoms with Crippen molar-refractivity contribution in [1.82, 2.24) is 5.16 Å². The van der Waals surface area contributed by atoms with Crippen LogP contribution in [0, 0.1) is 5.92 Å². The van der Waals surface area contributed by atoms with E-state index in [0.717, 1.165) is 12.8 Å². The third-order valence-corrected chi connectivity index (χ3v) is 8.29. The van der Waals surface area contributed by atoms with Gasteiger partial charge in [0, 0.05) is 19.3 Å². The first-order valence-corrected chi connectivity index (χ1v) is 11.7. The lowest BCUT2D eigenvalue weighted by Crippen LogP contribution is -2.26. The van der Waals surface area contributed by atoms with Crippen molar-refractivity contribution in [2.24, 2.45) is 5.92 Å². The van der Waals surface area contributed by atoms with Crippen molar-refractivity contribution in [2.45, 2.75) is 48.2 Å². The number of benzene rings is 1. The van der Waals surface area contributed by atoms with Crippen LogP contribution in [0.25, 0.3) is 0 Å². The summed E-state index contributed by atoms with van der Waals surface area (Å²) in [6, 6.07) is 6.42. The number of carbonyl (C=O) groups excluding carboxylic acids is 1. The summed E-state index contributed by atoms with van der Waals surface area (Å²) < 4.78 is 35.3. The summed E-state index contributed by atoms with van der Waals surface area (Å²) in [5.74, 6) is -0.0271. The maximum absolute atomic E-state index is 13.0. The molecule has 1 unspecified atom stereocenters. The molecule has 1 aliphatic carbocycles. The number of hydrogen-bond donors (Lipinski definition) is 1. The molecule has 1 N–H and O–H groups in total. The first-order chi connectivity index (χ1) is 13.9. The van der Waals surface area contributed by atoms with Crippen LogP contribution in [-0.2, 0) is 19.4 Å². The minimum absolute atomic E-state index is 0.146. The standard InChI is InChI=1S/C20H23ClN2O5S/c21-17-12-14(1-4-18(17)29(25,26)15-2-3-15)16(11-13-5-8-27-9-6-13)20(24)22-19-7-10-28-23-19/h1,4,7,10,12-13,15-16H,2-3,5-6,8-9,11H2,(H,22,23,24). The summed E-state index contributed by atoms with van der Waals surface area (Å²) in [5, 5.41) is 6.34. The number of ether oxygens (including phenoxy) is 1. The largest absolute Gasteiger partial charge is 0.381 e. The number of nitrogens with one attached hydrogen (secondary N) is 1. The molecule has 1 aromatic carbocycles. The predicted molar refractivity (Wildman–Crippen MR) is 108 cm³/mol. The molecule has 2 aliphatic rings. The summed E-state index contributed by atoms with van der Waals surface area (Å²) in [5.41, 5.74) is 0.692. The molecule has 7 nitrogen and oxygen atoms in total. The molecule has 9 heteroatoms. The third kappa shape index (κ3) is 4.65. The van der Waals surface area contributed by atoms with Gasteiger partial charge in [0.15, 0.2) is 15.7 Å². The van der Waals surface area contributed by atoms with Crippen molar-refractivity contribution in [2.75, 3.05) is 18.5 Å². The smallest absolute Gasteiger partial charge is 0.233 e. The molecule has 1 atom stereocenters. The van der Waals surface area contributed by atoms with Crippen LogP contribution < -0.4 is 5.32 Å². The Morgan fingerprint density at radius 1 is 1.21 bits per heavy atom. The van der Waals surface area contributed by atoms with Crippen LogP contribution in [0.4, 0.5) is 5.82 Å². The van der Waals surface area contributed by atoms with E-state index in [0.29, 0.717) is 49.8 Å². The molecule has 2 fully saturated rings. The molecule has 0 spiro atoms. The molecule has 1 aliphatic heterocycles. The Labute approximate surface area is 174 Å². The van der Waals surface area contributed by atoms with Gasteiger partial charge in [-0.2, -0.15) is 0 Å². The van der Waals surface area contributed by atoms with Gasteiger partial charge >= 0.3 is 0 Å².